The van der Waals surface area contributed by atoms with E-state index in [1.807, 2.05) is 21.0 Å². The van der Waals surface area contributed by atoms with Crippen LogP contribution < -0.4 is 16.0 Å². The number of hydrogen-bond donors (Lipinski definition) is 3. The number of amides is 2. The average Bonchev–Trinajstić information content (AvgIpc) is 2.48. The fourth-order valence-corrected chi connectivity index (χ4v) is 2.37. The molecule has 0 radical (unpaired) electrons. The Bertz CT molecular complexity index is 545. The van der Waals surface area contributed by atoms with Gasteiger partial charge in [-0.1, -0.05) is 0 Å². The van der Waals surface area contributed by atoms with Gasteiger partial charge in [-0.15, -0.1) is 0 Å². The summed E-state index contributed by atoms with van der Waals surface area (Å²) in [6, 6.07) is 6.69. The Labute approximate surface area is 136 Å². The zero-order valence-electron chi connectivity index (χ0n) is 13.8. The molecule has 1 aliphatic rings. The quantitative estimate of drug-likeness (QED) is 0.736. The highest BCUT2D eigenvalue weighted by Crippen LogP contribution is 2.15. The monoisotopic (exact) mass is 320 g/mol. The molecule has 7 nitrogen and oxygen atoms in total. The normalized spacial score (nSPS) is 21.0. The van der Waals surface area contributed by atoms with Crippen LogP contribution in [0.25, 0.3) is 0 Å². The fourth-order valence-electron chi connectivity index (χ4n) is 2.37. The first-order chi connectivity index (χ1) is 11.0. The van der Waals surface area contributed by atoms with E-state index in [4.69, 9.17) is 4.74 Å². The Balaban J connectivity index is 1.89. The zero-order chi connectivity index (χ0) is 16.8. The number of carbonyl (C=O) groups excluding carboxylic acids is 2. The van der Waals surface area contributed by atoms with Crippen LogP contribution in [-0.4, -0.2) is 62.7 Å². The minimum absolute atomic E-state index is 0.0795. The lowest BCUT2D eigenvalue weighted by molar-refractivity contribution is -0.123. The maximum Gasteiger partial charge on any atom is 0.244 e. The van der Waals surface area contributed by atoms with Crippen molar-refractivity contribution in [3.63, 3.8) is 0 Å². The lowest BCUT2D eigenvalue weighted by atomic mass is 10.1. The Hall–Kier alpha value is -1.96. The lowest BCUT2D eigenvalue weighted by Crippen LogP contribution is -2.53. The van der Waals surface area contributed by atoms with Crippen molar-refractivity contribution in [1.82, 2.24) is 10.2 Å². The van der Waals surface area contributed by atoms with Gasteiger partial charge < -0.3 is 25.6 Å². The van der Waals surface area contributed by atoms with Gasteiger partial charge in [-0.3, -0.25) is 9.59 Å². The smallest absolute Gasteiger partial charge is 0.244 e. The predicted molar refractivity (Wildman–Crippen MR) is 89.5 cm³/mol. The third-order valence-electron chi connectivity index (χ3n) is 3.49. The molecule has 1 aromatic rings. The van der Waals surface area contributed by atoms with Crippen molar-refractivity contribution < 1.29 is 14.3 Å². The average molecular weight is 320 g/mol. The third kappa shape index (κ3) is 5.31. The summed E-state index contributed by atoms with van der Waals surface area (Å²) in [5, 5.41) is 8.80. The molecular formula is C16H24N4O3. The predicted octanol–water partition coefficient (Wildman–Crippen LogP) is 0.502. The van der Waals surface area contributed by atoms with Gasteiger partial charge in [-0.2, -0.15) is 0 Å². The second-order valence-electron chi connectivity index (χ2n) is 5.86. The van der Waals surface area contributed by atoms with E-state index in [2.05, 4.69) is 16.0 Å². The van der Waals surface area contributed by atoms with Crippen molar-refractivity contribution in [2.24, 2.45) is 0 Å². The fraction of sp³-hybridized carbons (Fsp3) is 0.500. The van der Waals surface area contributed by atoms with E-state index in [0.717, 1.165) is 0 Å². The summed E-state index contributed by atoms with van der Waals surface area (Å²) in [6.07, 6.45) is -0.159. The van der Waals surface area contributed by atoms with Gasteiger partial charge in [0.1, 0.15) is 6.04 Å². The topological polar surface area (TPSA) is 82.7 Å². The van der Waals surface area contributed by atoms with Gasteiger partial charge in [-0.25, -0.2) is 0 Å². The highest BCUT2D eigenvalue weighted by Gasteiger charge is 2.28. The zero-order valence-corrected chi connectivity index (χ0v) is 13.8. The Kier molecular flexibility index (Phi) is 6.09. The van der Waals surface area contributed by atoms with Crippen LogP contribution >= 0.6 is 0 Å². The van der Waals surface area contributed by atoms with E-state index in [-0.39, 0.29) is 24.0 Å². The Morgan fingerprint density at radius 1 is 1.22 bits per heavy atom. The number of carbonyl (C=O) groups is 2. The van der Waals surface area contributed by atoms with Gasteiger partial charge in [-0.05, 0) is 45.3 Å². The molecule has 0 aromatic heterocycles. The SMILES string of the molecule is C[C@H]1OCCN[C@@H]1C(=O)Nc1ccc(NC(=O)CN(C)C)cc1. The summed E-state index contributed by atoms with van der Waals surface area (Å²) in [6.45, 7) is 3.48. The minimum Gasteiger partial charge on any atom is -0.375 e. The van der Waals surface area contributed by atoms with Crippen LogP contribution in [0.4, 0.5) is 11.4 Å². The molecule has 1 heterocycles. The standard InChI is InChI=1S/C16H24N4O3/c1-11-15(17-8-9-23-11)16(22)19-13-6-4-12(5-7-13)18-14(21)10-20(2)3/h4-7,11,15,17H,8-10H2,1-3H3,(H,18,21)(H,19,22)/t11-,15+/m1/s1. The third-order valence-corrected chi connectivity index (χ3v) is 3.49. The molecule has 2 rings (SSSR count). The van der Waals surface area contributed by atoms with Crippen molar-refractivity contribution in [2.75, 3.05) is 44.4 Å². The maximum absolute atomic E-state index is 12.2. The van der Waals surface area contributed by atoms with Crippen LogP contribution in [0.15, 0.2) is 24.3 Å². The van der Waals surface area contributed by atoms with E-state index < -0.39 is 0 Å². The highest BCUT2D eigenvalue weighted by atomic mass is 16.5. The number of anilines is 2. The van der Waals surface area contributed by atoms with E-state index in [9.17, 15) is 9.59 Å². The summed E-state index contributed by atoms with van der Waals surface area (Å²) in [7, 11) is 3.67. The van der Waals surface area contributed by atoms with Crippen molar-refractivity contribution in [3.05, 3.63) is 24.3 Å². The maximum atomic E-state index is 12.2. The van der Waals surface area contributed by atoms with Crippen LogP contribution in [-0.2, 0) is 14.3 Å². The number of nitrogens with zero attached hydrogens (tertiary/aromatic N) is 1. The molecule has 1 fully saturated rings. The van der Waals surface area contributed by atoms with Crippen LogP contribution in [0, 0.1) is 0 Å². The molecule has 1 saturated heterocycles. The van der Waals surface area contributed by atoms with Crippen LogP contribution in [0.2, 0.25) is 0 Å². The Morgan fingerprint density at radius 3 is 2.39 bits per heavy atom. The number of morpholine rings is 1. The molecule has 2 amide bonds. The Morgan fingerprint density at radius 2 is 1.83 bits per heavy atom. The molecule has 3 N–H and O–H groups in total. The molecular weight excluding hydrogens is 296 g/mol. The summed E-state index contributed by atoms with van der Waals surface area (Å²) in [5.74, 6) is -0.203. The summed E-state index contributed by atoms with van der Waals surface area (Å²) < 4.78 is 5.47. The summed E-state index contributed by atoms with van der Waals surface area (Å²) in [4.78, 5) is 25.7. The van der Waals surface area contributed by atoms with Gasteiger partial charge in [0.15, 0.2) is 0 Å². The minimum atomic E-state index is -0.358. The molecule has 2 atom stereocenters. The summed E-state index contributed by atoms with van der Waals surface area (Å²) in [5.41, 5.74) is 1.38. The van der Waals surface area contributed by atoms with Crippen LogP contribution in [0.3, 0.4) is 0 Å². The van der Waals surface area contributed by atoms with Crippen molar-refractivity contribution in [1.29, 1.82) is 0 Å². The van der Waals surface area contributed by atoms with Gasteiger partial charge in [0.2, 0.25) is 11.8 Å². The molecule has 0 unspecified atom stereocenters. The second-order valence-corrected chi connectivity index (χ2v) is 5.86. The first kappa shape index (κ1) is 17.4. The first-order valence-electron chi connectivity index (χ1n) is 7.66. The molecule has 1 aromatic carbocycles. The molecule has 1 aliphatic heterocycles. The highest BCUT2D eigenvalue weighted by molar-refractivity contribution is 5.96. The number of rotatable bonds is 5. The summed E-state index contributed by atoms with van der Waals surface area (Å²) >= 11 is 0. The van der Waals surface area contributed by atoms with Crippen molar-refractivity contribution >= 4 is 23.2 Å². The number of likely N-dealkylation sites (N-methyl/N-ethyl adjacent to an activating group) is 1. The first-order valence-corrected chi connectivity index (χ1v) is 7.66. The van der Waals surface area contributed by atoms with Crippen molar-refractivity contribution in [3.8, 4) is 0 Å². The van der Waals surface area contributed by atoms with Gasteiger partial charge >= 0.3 is 0 Å². The number of benzene rings is 1. The second kappa shape index (κ2) is 8.05. The van der Waals surface area contributed by atoms with E-state index in [1.54, 1.807) is 29.2 Å². The van der Waals surface area contributed by atoms with Crippen LogP contribution in [0.5, 0.6) is 0 Å². The molecule has 7 heteroatoms. The molecule has 0 saturated carbocycles. The molecule has 23 heavy (non-hydrogen) atoms. The van der Waals surface area contributed by atoms with E-state index >= 15 is 0 Å². The molecule has 0 spiro atoms. The van der Waals surface area contributed by atoms with Crippen molar-refractivity contribution in [2.45, 2.75) is 19.1 Å². The van der Waals surface area contributed by atoms with Gasteiger partial charge in [0, 0.05) is 17.9 Å². The molecule has 0 bridgehead atoms. The number of hydrogen-bond acceptors (Lipinski definition) is 5. The van der Waals surface area contributed by atoms with Crippen LogP contribution in [0.1, 0.15) is 6.92 Å². The molecule has 126 valence electrons. The van der Waals surface area contributed by atoms with E-state index in [0.29, 0.717) is 31.1 Å². The van der Waals surface area contributed by atoms with Gasteiger partial charge in [0.05, 0.1) is 19.3 Å². The number of nitrogens with one attached hydrogen (secondary N) is 3. The number of ether oxygens (including phenoxy) is 1. The largest absolute Gasteiger partial charge is 0.375 e. The van der Waals surface area contributed by atoms with Gasteiger partial charge in [0.25, 0.3) is 0 Å². The lowest BCUT2D eigenvalue weighted by Gasteiger charge is -2.29. The van der Waals surface area contributed by atoms with E-state index in [1.165, 1.54) is 0 Å². The molecule has 0 aliphatic carbocycles.